The second-order valence-corrected chi connectivity index (χ2v) is 7.98. The number of amides is 2. The van der Waals surface area contributed by atoms with Crippen LogP contribution in [0.3, 0.4) is 0 Å². The largest absolute Gasteiger partial charge is 0.337 e. The molecular formula is C19H27N7O2. The Morgan fingerprint density at radius 1 is 1.29 bits per heavy atom. The summed E-state index contributed by atoms with van der Waals surface area (Å²) >= 11 is 0. The Kier molecular flexibility index (Phi) is 4.91. The van der Waals surface area contributed by atoms with Crippen molar-refractivity contribution < 1.29 is 9.59 Å². The van der Waals surface area contributed by atoms with Crippen LogP contribution in [-0.4, -0.2) is 49.4 Å². The van der Waals surface area contributed by atoms with E-state index in [1.807, 2.05) is 13.0 Å². The molecule has 0 spiro atoms. The number of carbonyl (C=O) groups excluding carboxylic acids is 2. The molecule has 150 valence electrons. The third-order valence-corrected chi connectivity index (χ3v) is 5.88. The molecule has 1 saturated carbocycles. The summed E-state index contributed by atoms with van der Waals surface area (Å²) in [6.07, 6.45) is 5.74. The minimum Gasteiger partial charge on any atom is -0.337 e. The van der Waals surface area contributed by atoms with Gasteiger partial charge in [0, 0.05) is 26.2 Å². The lowest BCUT2D eigenvalue weighted by molar-refractivity contribution is -0.120. The van der Waals surface area contributed by atoms with Crippen LogP contribution in [0.4, 0.5) is 5.82 Å². The highest BCUT2D eigenvalue weighted by molar-refractivity contribution is 6.00. The number of anilines is 1. The number of hydrogen-bond acceptors (Lipinski definition) is 5. The Bertz CT molecular complexity index is 881. The smallest absolute Gasteiger partial charge is 0.291 e. The van der Waals surface area contributed by atoms with Gasteiger partial charge >= 0.3 is 0 Å². The van der Waals surface area contributed by atoms with Crippen molar-refractivity contribution in [3.63, 3.8) is 0 Å². The number of rotatable bonds is 5. The highest BCUT2D eigenvalue weighted by Gasteiger charge is 2.32. The maximum absolute atomic E-state index is 12.8. The van der Waals surface area contributed by atoms with Crippen molar-refractivity contribution in [2.24, 2.45) is 11.8 Å². The predicted molar refractivity (Wildman–Crippen MR) is 103 cm³/mol. The van der Waals surface area contributed by atoms with Crippen LogP contribution in [0, 0.1) is 18.8 Å². The monoisotopic (exact) mass is 385 g/mol. The molecule has 3 heterocycles. The molecule has 9 nitrogen and oxygen atoms in total. The molecule has 4 rings (SSSR count). The van der Waals surface area contributed by atoms with Gasteiger partial charge in [0.05, 0.1) is 5.69 Å². The summed E-state index contributed by atoms with van der Waals surface area (Å²) in [6.45, 7) is 5.47. The van der Waals surface area contributed by atoms with E-state index in [9.17, 15) is 9.59 Å². The minimum absolute atomic E-state index is 0.111. The number of nitrogens with one attached hydrogen (secondary N) is 1. The Morgan fingerprint density at radius 2 is 2.07 bits per heavy atom. The fraction of sp³-hybridized carbons (Fsp3) is 0.632. The SMILES string of the molecule is CCC1CC(Cn2cnc(C(=O)N[C@H]3CCn4nc(C)cc4N(C)C3=O)n2)C1. The average molecular weight is 385 g/mol. The van der Waals surface area contributed by atoms with E-state index >= 15 is 0 Å². The molecule has 1 N–H and O–H groups in total. The Balaban J connectivity index is 1.37. The maximum Gasteiger partial charge on any atom is 0.291 e. The minimum atomic E-state index is -0.622. The number of likely N-dealkylation sites (N-methyl/N-ethyl adjacent to an activating group) is 1. The van der Waals surface area contributed by atoms with E-state index in [2.05, 4.69) is 27.4 Å². The van der Waals surface area contributed by atoms with Gasteiger partial charge in [-0.1, -0.05) is 13.3 Å². The van der Waals surface area contributed by atoms with Crippen LogP contribution in [-0.2, 0) is 17.9 Å². The summed E-state index contributed by atoms with van der Waals surface area (Å²) < 4.78 is 3.54. The van der Waals surface area contributed by atoms with Crippen LogP contribution in [0.15, 0.2) is 12.4 Å². The molecule has 2 aromatic rings. The molecule has 1 aliphatic carbocycles. The zero-order chi connectivity index (χ0) is 19.8. The normalized spacial score (nSPS) is 24.5. The number of aromatic nitrogens is 5. The van der Waals surface area contributed by atoms with Gasteiger partial charge in [0.15, 0.2) is 0 Å². The molecule has 9 heteroatoms. The van der Waals surface area contributed by atoms with Crippen LogP contribution in [0.2, 0.25) is 0 Å². The summed E-state index contributed by atoms with van der Waals surface area (Å²) in [7, 11) is 1.70. The lowest BCUT2D eigenvalue weighted by Crippen LogP contribution is -2.47. The zero-order valence-electron chi connectivity index (χ0n) is 16.6. The standard InChI is InChI=1S/C19H27N7O2/c1-4-13-8-14(9-13)10-25-11-20-17(23-25)18(27)21-15-5-6-26-16(7-12(2)22-26)24(3)19(15)28/h7,11,13-15H,4-6,8-10H2,1-3H3,(H,21,27)/t13?,14?,15-/m0/s1. The molecule has 1 atom stereocenters. The van der Waals surface area contributed by atoms with Gasteiger partial charge in [-0.15, -0.1) is 5.10 Å². The van der Waals surface area contributed by atoms with Gasteiger partial charge in [0.2, 0.25) is 5.82 Å². The number of carbonyl (C=O) groups is 2. The van der Waals surface area contributed by atoms with Crippen LogP contribution in [0.5, 0.6) is 0 Å². The van der Waals surface area contributed by atoms with Gasteiger partial charge < -0.3 is 5.32 Å². The molecule has 1 aliphatic heterocycles. The summed E-state index contributed by atoms with van der Waals surface area (Å²) in [5.41, 5.74) is 0.864. The molecule has 0 unspecified atom stereocenters. The van der Waals surface area contributed by atoms with E-state index in [0.717, 1.165) is 24.0 Å². The van der Waals surface area contributed by atoms with E-state index in [1.54, 1.807) is 27.6 Å². The fourth-order valence-electron chi connectivity index (χ4n) is 4.15. The molecule has 2 aromatic heterocycles. The van der Waals surface area contributed by atoms with Crippen molar-refractivity contribution in [3.8, 4) is 0 Å². The van der Waals surface area contributed by atoms with E-state index < -0.39 is 11.9 Å². The second kappa shape index (κ2) is 7.37. The first-order valence-electron chi connectivity index (χ1n) is 9.97. The van der Waals surface area contributed by atoms with Crippen molar-refractivity contribution in [1.29, 1.82) is 0 Å². The predicted octanol–water partition coefficient (Wildman–Crippen LogP) is 1.38. The van der Waals surface area contributed by atoms with E-state index in [-0.39, 0.29) is 11.7 Å². The lowest BCUT2D eigenvalue weighted by atomic mass is 9.74. The van der Waals surface area contributed by atoms with Crippen molar-refractivity contribution in [2.45, 2.75) is 58.7 Å². The second-order valence-electron chi connectivity index (χ2n) is 7.98. The summed E-state index contributed by atoms with van der Waals surface area (Å²) in [5, 5.41) is 11.5. The first-order chi connectivity index (χ1) is 13.4. The summed E-state index contributed by atoms with van der Waals surface area (Å²) in [6, 6.07) is 1.25. The molecular weight excluding hydrogens is 358 g/mol. The zero-order valence-corrected chi connectivity index (χ0v) is 16.6. The highest BCUT2D eigenvalue weighted by atomic mass is 16.2. The summed E-state index contributed by atoms with van der Waals surface area (Å²) in [5.74, 6) is 1.72. The van der Waals surface area contributed by atoms with Crippen molar-refractivity contribution in [3.05, 3.63) is 23.9 Å². The Labute approximate surface area is 164 Å². The number of fused-ring (bicyclic) bond motifs is 1. The highest BCUT2D eigenvalue weighted by Crippen LogP contribution is 2.36. The topological polar surface area (TPSA) is 97.9 Å². The molecule has 2 amide bonds. The van der Waals surface area contributed by atoms with Crippen LogP contribution >= 0.6 is 0 Å². The third kappa shape index (κ3) is 3.53. The van der Waals surface area contributed by atoms with Gasteiger partial charge in [-0.2, -0.15) is 5.10 Å². The van der Waals surface area contributed by atoms with Crippen LogP contribution < -0.4 is 10.2 Å². The number of aryl methyl sites for hydroxylation is 2. The van der Waals surface area contributed by atoms with Gasteiger partial charge in [0.25, 0.3) is 11.8 Å². The molecule has 0 bridgehead atoms. The van der Waals surface area contributed by atoms with Crippen LogP contribution in [0.25, 0.3) is 0 Å². The van der Waals surface area contributed by atoms with Crippen LogP contribution in [0.1, 0.15) is 48.9 Å². The summed E-state index contributed by atoms with van der Waals surface area (Å²) in [4.78, 5) is 31.0. The van der Waals surface area contributed by atoms with Crippen molar-refractivity contribution in [2.75, 3.05) is 11.9 Å². The molecule has 0 radical (unpaired) electrons. The van der Waals surface area contributed by atoms with E-state index in [4.69, 9.17) is 0 Å². The van der Waals surface area contributed by atoms with E-state index in [0.29, 0.717) is 18.9 Å². The first-order valence-corrected chi connectivity index (χ1v) is 9.97. The third-order valence-electron chi connectivity index (χ3n) is 5.88. The quantitative estimate of drug-likeness (QED) is 0.839. The van der Waals surface area contributed by atoms with Gasteiger partial charge in [-0.3, -0.25) is 19.2 Å². The van der Waals surface area contributed by atoms with Gasteiger partial charge in [-0.05, 0) is 38.0 Å². The molecule has 28 heavy (non-hydrogen) atoms. The molecule has 0 saturated heterocycles. The van der Waals surface area contributed by atoms with E-state index in [1.165, 1.54) is 19.3 Å². The Morgan fingerprint density at radius 3 is 2.82 bits per heavy atom. The number of nitrogens with zero attached hydrogens (tertiary/aromatic N) is 6. The molecule has 0 aromatic carbocycles. The lowest BCUT2D eigenvalue weighted by Gasteiger charge is -2.34. The maximum atomic E-state index is 12.8. The number of hydrogen-bond donors (Lipinski definition) is 1. The average Bonchev–Trinajstić information content (AvgIpc) is 3.24. The van der Waals surface area contributed by atoms with Gasteiger partial charge in [0.1, 0.15) is 18.2 Å². The Hall–Kier alpha value is -2.71. The molecule has 1 fully saturated rings. The first kappa shape index (κ1) is 18.6. The van der Waals surface area contributed by atoms with Crippen molar-refractivity contribution in [1.82, 2.24) is 29.9 Å². The van der Waals surface area contributed by atoms with Gasteiger partial charge in [-0.25, -0.2) is 9.67 Å². The molecule has 2 aliphatic rings. The van der Waals surface area contributed by atoms with Crippen molar-refractivity contribution >= 4 is 17.6 Å². The fourth-order valence-corrected chi connectivity index (χ4v) is 4.15.